The maximum atomic E-state index is 5.45. The van der Waals surface area contributed by atoms with Crippen LogP contribution in [0, 0.1) is 0 Å². The van der Waals surface area contributed by atoms with Crippen LogP contribution in [0.1, 0.15) is 25.7 Å². The summed E-state index contributed by atoms with van der Waals surface area (Å²) in [7, 11) is 4.09. The van der Waals surface area contributed by atoms with E-state index < -0.39 is 0 Å². The van der Waals surface area contributed by atoms with Gasteiger partial charge in [0.1, 0.15) is 0 Å². The van der Waals surface area contributed by atoms with Crippen molar-refractivity contribution in [2.24, 2.45) is 0 Å². The third-order valence-corrected chi connectivity index (χ3v) is 3.37. The number of likely N-dealkylation sites (N-methyl/N-ethyl adjacent to an activating group) is 1. The van der Waals surface area contributed by atoms with Crippen molar-refractivity contribution in [1.82, 2.24) is 4.90 Å². The first-order valence-corrected chi connectivity index (χ1v) is 4.57. The Balaban J connectivity index is 2.09. The van der Waals surface area contributed by atoms with Crippen LogP contribution in [0.4, 0.5) is 0 Å². The van der Waals surface area contributed by atoms with Crippen LogP contribution in [-0.4, -0.2) is 37.2 Å². The molecule has 3 atom stereocenters. The summed E-state index contributed by atoms with van der Waals surface area (Å²) in [6, 6.07) is 1.54. The van der Waals surface area contributed by atoms with Gasteiger partial charge < -0.3 is 4.74 Å². The fraction of sp³-hybridized carbons (Fsp3) is 1.00. The van der Waals surface area contributed by atoms with Gasteiger partial charge in [-0.05, 0) is 26.3 Å². The molecule has 0 aromatic heterocycles. The van der Waals surface area contributed by atoms with E-state index in [0.29, 0.717) is 6.10 Å². The Morgan fingerprint density at radius 1 is 1.36 bits per heavy atom. The van der Waals surface area contributed by atoms with Crippen LogP contribution in [-0.2, 0) is 4.74 Å². The summed E-state index contributed by atoms with van der Waals surface area (Å²) >= 11 is 0. The average molecular weight is 155 g/mol. The van der Waals surface area contributed by atoms with Gasteiger partial charge in [0, 0.05) is 19.2 Å². The molecular formula is C9H17NO. The number of ether oxygens (including phenoxy) is 1. The SMILES string of the molecule is CO[C@H]1C[C@@H]2CCC[C@H]1N2C. The molecule has 0 spiro atoms. The van der Waals surface area contributed by atoms with E-state index in [-0.39, 0.29) is 0 Å². The second kappa shape index (κ2) is 2.76. The van der Waals surface area contributed by atoms with E-state index >= 15 is 0 Å². The molecule has 0 amide bonds. The van der Waals surface area contributed by atoms with Crippen LogP contribution in [0.25, 0.3) is 0 Å². The molecule has 64 valence electrons. The van der Waals surface area contributed by atoms with E-state index in [1.807, 2.05) is 7.11 Å². The Labute approximate surface area is 68.5 Å². The first-order chi connectivity index (χ1) is 5.33. The van der Waals surface area contributed by atoms with Crippen LogP contribution in [0.3, 0.4) is 0 Å². The highest BCUT2D eigenvalue weighted by molar-refractivity contribution is 4.96. The first-order valence-electron chi connectivity index (χ1n) is 4.57. The molecule has 2 rings (SSSR count). The lowest BCUT2D eigenvalue weighted by atomic mass is 10.0. The zero-order valence-corrected chi connectivity index (χ0v) is 7.42. The number of rotatable bonds is 1. The van der Waals surface area contributed by atoms with Crippen LogP contribution < -0.4 is 0 Å². The van der Waals surface area contributed by atoms with Crippen molar-refractivity contribution in [3.8, 4) is 0 Å². The lowest BCUT2D eigenvalue weighted by Crippen LogP contribution is -2.39. The second-order valence-corrected chi connectivity index (χ2v) is 3.83. The molecule has 0 aromatic rings. The largest absolute Gasteiger partial charge is 0.380 e. The number of piperidine rings is 1. The summed E-state index contributed by atoms with van der Waals surface area (Å²) in [6.45, 7) is 0. The molecule has 0 radical (unpaired) electrons. The van der Waals surface area contributed by atoms with Crippen LogP contribution in [0.2, 0.25) is 0 Å². The zero-order valence-electron chi connectivity index (χ0n) is 7.42. The van der Waals surface area contributed by atoms with E-state index in [2.05, 4.69) is 11.9 Å². The fourth-order valence-corrected chi connectivity index (χ4v) is 2.65. The lowest BCUT2D eigenvalue weighted by Gasteiger charge is -2.31. The molecular weight excluding hydrogens is 138 g/mol. The zero-order chi connectivity index (χ0) is 7.84. The van der Waals surface area contributed by atoms with Gasteiger partial charge in [-0.15, -0.1) is 0 Å². The van der Waals surface area contributed by atoms with Crippen LogP contribution in [0.15, 0.2) is 0 Å². The van der Waals surface area contributed by atoms with Crippen molar-refractivity contribution in [3.63, 3.8) is 0 Å². The van der Waals surface area contributed by atoms with Crippen molar-refractivity contribution in [2.45, 2.75) is 43.9 Å². The van der Waals surface area contributed by atoms with Crippen molar-refractivity contribution in [2.75, 3.05) is 14.2 Å². The van der Waals surface area contributed by atoms with Gasteiger partial charge >= 0.3 is 0 Å². The van der Waals surface area contributed by atoms with Crippen molar-refractivity contribution < 1.29 is 4.74 Å². The van der Waals surface area contributed by atoms with Gasteiger partial charge in [-0.3, -0.25) is 4.90 Å². The predicted octanol–water partition coefficient (Wildman–Crippen LogP) is 1.26. The van der Waals surface area contributed by atoms with E-state index in [1.54, 1.807) is 0 Å². The maximum Gasteiger partial charge on any atom is 0.0741 e. The van der Waals surface area contributed by atoms with Gasteiger partial charge in [0.05, 0.1) is 6.10 Å². The van der Waals surface area contributed by atoms with E-state index in [9.17, 15) is 0 Å². The summed E-state index contributed by atoms with van der Waals surface area (Å²) in [4.78, 5) is 2.51. The summed E-state index contributed by atoms with van der Waals surface area (Å²) in [5.74, 6) is 0. The third kappa shape index (κ3) is 1.09. The summed E-state index contributed by atoms with van der Waals surface area (Å²) < 4.78 is 5.45. The van der Waals surface area contributed by atoms with Crippen molar-refractivity contribution in [1.29, 1.82) is 0 Å². The minimum Gasteiger partial charge on any atom is -0.380 e. The number of hydrogen-bond acceptors (Lipinski definition) is 2. The highest BCUT2D eigenvalue weighted by Crippen LogP contribution is 2.35. The van der Waals surface area contributed by atoms with E-state index in [1.165, 1.54) is 25.7 Å². The molecule has 2 nitrogen and oxygen atoms in total. The smallest absolute Gasteiger partial charge is 0.0741 e. The Morgan fingerprint density at radius 3 is 2.82 bits per heavy atom. The van der Waals surface area contributed by atoms with E-state index in [4.69, 9.17) is 4.74 Å². The molecule has 2 heteroatoms. The highest BCUT2D eigenvalue weighted by Gasteiger charge is 2.41. The fourth-order valence-electron chi connectivity index (χ4n) is 2.65. The molecule has 2 aliphatic heterocycles. The summed E-state index contributed by atoms with van der Waals surface area (Å²) in [5, 5.41) is 0. The van der Waals surface area contributed by atoms with Gasteiger partial charge in [0.15, 0.2) is 0 Å². The average Bonchev–Trinajstić information content (AvgIpc) is 2.23. The number of fused-ring (bicyclic) bond motifs is 2. The molecule has 0 aliphatic carbocycles. The molecule has 0 saturated carbocycles. The first kappa shape index (κ1) is 7.56. The number of nitrogens with zero attached hydrogens (tertiary/aromatic N) is 1. The predicted molar refractivity (Wildman–Crippen MR) is 44.6 cm³/mol. The Morgan fingerprint density at radius 2 is 2.18 bits per heavy atom. The van der Waals surface area contributed by atoms with Crippen molar-refractivity contribution in [3.05, 3.63) is 0 Å². The van der Waals surface area contributed by atoms with E-state index in [0.717, 1.165) is 12.1 Å². The third-order valence-electron chi connectivity index (χ3n) is 3.37. The molecule has 2 heterocycles. The van der Waals surface area contributed by atoms with Gasteiger partial charge in [-0.1, -0.05) is 6.42 Å². The van der Waals surface area contributed by atoms with Crippen molar-refractivity contribution >= 4 is 0 Å². The summed E-state index contributed by atoms with van der Waals surface area (Å²) in [6.07, 6.45) is 5.91. The minimum atomic E-state index is 0.521. The molecule has 11 heavy (non-hydrogen) atoms. The molecule has 2 bridgehead atoms. The van der Waals surface area contributed by atoms with Crippen LogP contribution >= 0.6 is 0 Å². The molecule has 0 N–H and O–H groups in total. The number of methoxy groups -OCH3 is 1. The summed E-state index contributed by atoms with van der Waals surface area (Å²) in [5.41, 5.74) is 0. The Kier molecular flexibility index (Phi) is 1.90. The normalized spacial score (nSPS) is 44.7. The molecule has 0 aromatic carbocycles. The van der Waals surface area contributed by atoms with Gasteiger partial charge in [0.25, 0.3) is 0 Å². The standard InChI is InChI=1S/C9H17NO/c1-10-7-4-3-5-8(10)9(6-7)11-2/h7-9H,3-6H2,1-2H3/t7-,8+,9-/m0/s1. The van der Waals surface area contributed by atoms with Gasteiger partial charge in [-0.25, -0.2) is 0 Å². The molecule has 2 aliphatic rings. The number of hydrogen-bond donors (Lipinski definition) is 0. The quantitative estimate of drug-likeness (QED) is 0.565. The second-order valence-electron chi connectivity index (χ2n) is 3.83. The van der Waals surface area contributed by atoms with Gasteiger partial charge in [0.2, 0.25) is 0 Å². The van der Waals surface area contributed by atoms with Crippen LogP contribution in [0.5, 0.6) is 0 Å². The molecule has 2 fully saturated rings. The topological polar surface area (TPSA) is 12.5 Å². The van der Waals surface area contributed by atoms with Gasteiger partial charge in [-0.2, -0.15) is 0 Å². The maximum absolute atomic E-state index is 5.45. The molecule has 0 unspecified atom stereocenters. The molecule has 2 saturated heterocycles. The highest BCUT2D eigenvalue weighted by atomic mass is 16.5. The monoisotopic (exact) mass is 155 g/mol. The lowest BCUT2D eigenvalue weighted by molar-refractivity contribution is 0.0611. The Bertz CT molecular complexity index is 148. The minimum absolute atomic E-state index is 0.521. The Hall–Kier alpha value is -0.0800.